The first-order valence-corrected chi connectivity index (χ1v) is 5.05. The van der Waals surface area contributed by atoms with E-state index in [0.717, 1.165) is 0 Å². The zero-order valence-electron chi connectivity index (χ0n) is 8.96. The van der Waals surface area contributed by atoms with E-state index < -0.39 is 11.6 Å². The molecule has 0 amide bonds. The van der Waals surface area contributed by atoms with Crippen molar-refractivity contribution >= 4 is 21.9 Å². The van der Waals surface area contributed by atoms with Gasteiger partial charge in [-0.3, -0.25) is 0 Å². The van der Waals surface area contributed by atoms with Gasteiger partial charge in [0.2, 0.25) is 5.82 Å². The number of halogens is 2. The zero-order valence-corrected chi connectivity index (χ0v) is 8.96. The van der Waals surface area contributed by atoms with Gasteiger partial charge < -0.3 is 9.15 Å². The van der Waals surface area contributed by atoms with Gasteiger partial charge in [0, 0.05) is 10.8 Å². The summed E-state index contributed by atoms with van der Waals surface area (Å²) in [6.45, 7) is 0. The Morgan fingerprint density at radius 3 is 2.53 bits per heavy atom. The van der Waals surface area contributed by atoms with Crippen LogP contribution in [-0.4, -0.2) is 7.11 Å². The Bertz CT molecular complexity index is 716. The van der Waals surface area contributed by atoms with E-state index in [-0.39, 0.29) is 16.9 Å². The Hall–Kier alpha value is -2.10. The second-order valence-electron chi connectivity index (χ2n) is 3.68. The summed E-state index contributed by atoms with van der Waals surface area (Å²) in [6.07, 6.45) is 0. The van der Waals surface area contributed by atoms with Gasteiger partial charge in [-0.05, 0) is 18.2 Å². The van der Waals surface area contributed by atoms with E-state index in [1.807, 2.05) is 0 Å². The molecule has 4 heteroatoms. The summed E-state index contributed by atoms with van der Waals surface area (Å²) >= 11 is 0. The van der Waals surface area contributed by atoms with Crippen LogP contribution in [0.25, 0.3) is 21.9 Å². The number of methoxy groups -OCH3 is 1. The highest BCUT2D eigenvalue weighted by Crippen LogP contribution is 2.34. The fourth-order valence-corrected chi connectivity index (χ4v) is 1.93. The lowest BCUT2D eigenvalue weighted by atomic mass is 10.1. The van der Waals surface area contributed by atoms with E-state index in [2.05, 4.69) is 0 Å². The molecule has 3 rings (SSSR count). The Labute approximate surface area is 95.4 Å². The van der Waals surface area contributed by atoms with Crippen LogP contribution in [0.1, 0.15) is 0 Å². The molecule has 0 radical (unpaired) electrons. The first-order valence-electron chi connectivity index (χ1n) is 5.05. The Morgan fingerprint density at radius 1 is 1.00 bits per heavy atom. The predicted molar refractivity (Wildman–Crippen MR) is 60.2 cm³/mol. The van der Waals surface area contributed by atoms with Crippen molar-refractivity contribution in [3.05, 3.63) is 42.0 Å². The monoisotopic (exact) mass is 234 g/mol. The van der Waals surface area contributed by atoms with Crippen molar-refractivity contribution in [1.29, 1.82) is 0 Å². The van der Waals surface area contributed by atoms with Crippen LogP contribution in [0.4, 0.5) is 8.78 Å². The summed E-state index contributed by atoms with van der Waals surface area (Å²) in [6, 6.07) is 7.69. The first kappa shape index (κ1) is 10.1. The molecule has 2 nitrogen and oxygen atoms in total. The number of ether oxygens (including phenoxy) is 1. The second kappa shape index (κ2) is 3.45. The van der Waals surface area contributed by atoms with Gasteiger partial charge >= 0.3 is 0 Å². The van der Waals surface area contributed by atoms with Crippen molar-refractivity contribution in [3.8, 4) is 5.75 Å². The lowest BCUT2D eigenvalue weighted by Crippen LogP contribution is -1.87. The minimum absolute atomic E-state index is 0.0180. The number of fused-ring (bicyclic) bond motifs is 3. The molecule has 0 unspecified atom stereocenters. The highest BCUT2D eigenvalue weighted by Gasteiger charge is 2.16. The molecule has 86 valence electrons. The molecule has 0 saturated heterocycles. The molecule has 0 bridgehead atoms. The molecule has 0 N–H and O–H groups in total. The second-order valence-corrected chi connectivity index (χ2v) is 3.68. The van der Waals surface area contributed by atoms with Crippen LogP contribution < -0.4 is 4.74 Å². The van der Waals surface area contributed by atoms with Gasteiger partial charge in [-0.1, -0.05) is 12.1 Å². The van der Waals surface area contributed by atoms with E-state index in [1.54, 1.807) is 18.2 Å². The van der Waals surface area contributed by atoms with Crippen LogP contribution in [-0.2, 0) is 0 Å². The summed E-state index contributed by atoms with van der Waals surface area (Å²) in [4.78, 5) is 0. The van der Waals surface area contributed by atoms with Gasteiger partial charge in [-0.25, -0.2) is 4.39 Å². The van der Waals surface area contributed by atoms with Crippen molar-refractivity contribution in [2.24, 2.45) is 0 Å². The van der Waals surface area contributed by atoms with Gasteiger partial charge in [-0.2, -0.15) is 4.39 Å². The van der Waals surface area contributed by atoms with Crippen LogP contribution in [0.15, 0.2) is 34.7 Å². The zero-order chi connectivity index (χ0) is 12.0. The van der Waals surface area contributed by atoms with Crippen LogP contribution in [0.3, 0.4) is 0 Å². The third-order valence-electron chi connectivity index (χ3n) is 2.74. The molecule has 0 saturated carbocycles. The predicted octanol–water partition coefficient (Wildman–Crippen LogP) is 3.87. The topological polar surface area (TPSA) is 22.4 Å². The molecule has 0 atom stereocenters. The van der Waals surface area contributed by atoms with E-state index >= 15 is 0 Å². The van der Waals surface area contributed by atoms with Crippen molar-refractivity contribution in [2.75, 3.05) is 7.11 Å². The third kappa shape index (κ3) is 1.30. The van der Waals surface area contributed by atoms with Crippen molar-refractivity contribution in [1.82, 2.24) is 0 Å². The molecule has 0 aliphatic heterocycles. The molecule has 0 aliphatic rings. The van der Waals surface area contributed by atoms with Crippen LogP contribution >= 0.6 is 0 Å². The highest BCUT2D eigenvalue weighted by atomic mass is 19.1. The fourth-order valence-electron chi connectivity index (χ4n) is 1.93. The summed E-state index contributed by atoms with van der Waals surface area (Å²) in [5.74, 6) is -1.03. The van der Waals surface area contributed by atoms with E-state index in [4.69, 9.17) is 9.15 Å². The average Bonchev–Trinajstić information content (AvgIpc) is 2.71. The number of benzene rings is 2. The van der Waals surface area contributed by atoms with Crippen molar-refractivity contribution in [2.45, 2.75) is 0 Å². The number of para-hydroxylation sites is 1. The SMILES string of the molecule is COc1ccc2c(oc3c(F)cccc32)c1F. The van der Waals surface area contributed by atoms with Crippen molar-refractivity contribution < 1.29 is 17.9 Å². The van der Waals surface area contributed by atoms with E-state index in [0.29, 0.717) is 10.8 Å². The molecule has 17 heavy (non-hydrogen) atoms. The Morgan fingerprint density at radius 2 is 1.76 bits per heavy atom. The van der Waals surface area contributed by atoms with Crippen LogP contribution in [0.2, 0.25) is 0 Å². The standard InChI is InChI=1S/C13H8F2O2/c1-16-10-6-5-8-7-3-2-4-9(14)12(7)17-13(8)11(10)15/h2-6H,1H3. The maximum absolute atomic E-state index is 13.9. The van der Waals surface area contributed by atoms with Crippen LogP contribution in [0.5, 0.6) is 5.75 Å². The quantitative estimate of drug-likeness (QED) is 0.637. The summed E-state index contributed by atoms with van der Waals surface area (Å²) in [5, 5.41) is 1.10. The van der Waals surface area contributed by atoms with E-state index in [9.17, 15) is 8.78 Å². The molecule has 1 aromatic heterocycles. The number of rotatable bonds is 1. The maximum Gasteiger partial charge on any atom is 0.208 e. The summed E-state index contributed by atoms with van der Waals surface area (Å²) < 4.78 is 37.5. The molecule has 0 spiro atoms. The lowest BCUT2D eigenvalue weighted by Gasteiger charge is -2.00. The minimum Gasteiger partial charge on any atom is -0.494 e. The van der Waals surface area contributed by atoms with Gasteiger partial charge in [-0.15, -0.1) is 0 Å². The van der Waals surface area contributed by atoms with Gasteiger partial charge in [0.1, 0.15) is 0 Å². The largest absolute Gasteiger partial charge is 0.494 e. The van der Waals surface area contributed by atoms with E-state index in [1.165, 1.54) is 19.2 Å². The van der Waals surface area contributed by atoms with Crippen molar-refractivity contribution in [3.63, 3.8) is 0 Å². The number of hydrogen-bond acceptors (Lipinski definition) is 2. The third-order valence-corrected chi connectivity index (χ3v) is 2.74. The maximum atomic E-state index is 13.9. The lowest BCUT2D eigenvalue weighted by molar-refractivity contribution is 0.385. The van der Waals surface area contributed by atoms with Gasteiger partial charge in [0.25, 0.3) is 0 Å². The first-order chi connectivity index (χ1) is 8.22. The molecule has 2 aromatic carbocycles. The molecule has 0 fully saturated rings. The normalized spacial score (nSPS) is 11.2. The smallest absolute Gasteiger partial charge is 0.208 e. The number of furan rings is 1. The summed E-state index contributed by atoms with van der Waals surface area (Å²) in [7, 11) is 1.37. The Balaban J connectivity index is 2.51. The van der Waals surface area contributed by atoms with Gasteiger partial charge in [0.05, 0.1) is 7.11 Å². The fraction of sp³-hybridized carbons (Fsp3) is 0.0769. The van der Waals surface area contributed by atoms with Gasteiger partial charge in [0.15, 0.2) is 22.7 Å². The molecular formula is C13H8F2O2. The summed E-state index contributed by atoms with van der Waals surface area (Å²) in [5.41, 5.74) is 0.0825. The molecule has 3 aromatic rings. The molecule has 0 aliphatic carbocycles. The molecule has 1 heterocycles. The molecular weight excluding hydrogens is 226 g/mol. The average molecular weight is 234 g/mol. The highest BCUT2D eigenvalue weighted by molar-refractivity contribution is 6.05. The Kier molecular flexibility index (Phi) is 2.04. The van der Waals surface area contributed by atoms with Crippen LogP contribution in [0, 0.1) is 11.6 Å². The number of hydrogen-bond donors (Lipinski definition) is 0. The minimum atomic E-state index is -0.611.